The largest absolute Gasteiger partial charge is 0.506 e. The molecule has 0 bridgehead atoms. The SMILES string of the molecule is C=C(C)C(C)=O.OCCc1ccc(N=Nc2ccc(N=Nc3c(O)ccc4ccccc34)cc2)cc1. The Balaban J connectivity index is 0.000000538. The van der Waals surface area contributed by atoms with Gasteiger partial charge in [-0.05, 0) is 79.3 Å². The number of hydrogen-bond donors (Lipinski definition) is 2. The molecule has 0 aromatic heterocycles. The number of phenolic OH excluding ortho intramolecular Hbond substituents is 1. The van der Waals surface area contributed by atoms with Crippen LogP contribution in [-0.2, 0) is 11.2 Å². The average molecular weight is 481 g/mol. The van der Waals surface area contributed by atoms with Gasteiger partial charge < -0.3 is 10.2 Å². The van der Waals surface area contributed by atoms with Crippen LogP contribution in [0.2, 0.25) is 0 Å². The number of aliphatic hydroxyl groups is 1. The number of benzene rings is 4. The Morgan fingerprint density at radius 3 is 1.78 bits per heavy atom. The van der Waals surface area contributed by atoms with Gasteiger partial charge in [0.2, 0.25) is 0 Å². The lowest BCUT2D eigenvalue weighted by Gasteiger charge is -2.03. The second-order valence-corrected chi connectivity index (χ2v) is 8.05. The molecule has 4 rings (SSSR count). The normalized spacial score (nSPS) is 11.0. The van der Waals surface area contributed by atoms with E-state index in [1.165, 1.54) is 6.92 Å². The molecule has 7 nitrogen and oxygen atoms in total. The van der Waals surface area contributed by atoms with E-state index in [1.54, 1.807) is 37.3 Å². The summed E-state index contributed by atoms with van der Waals surface area (Å²) in [5.41, 5.74) is 4.21. The van der Waals surface area contributed by atoms with Crippen LogP contribution in [0, 0.1) is 0 Å². The first-order chi connectivity index (χ1) is 17.4. The molecule has 182 valence electrons. The van der Waals surface area contributed by atoms with E-state index in [-0.39, 0.29) is 18.1 Å². The lowest BCUT2D eigenvalue weighted by molar-refractivity contribution is -0.113. The number of Topliss-reactive ketones (excluding diaryl/α,β-unsaturated/α-hetero) is 1. The highest BCUT2D eigenvalue weighted by molar-refractivity contribution is 5.95. The number of carbonyl (C=O) groups is 1. The van der Waals surface area contributed by atoms with Gasteiger partial charge in [-0.15, -0.1) is 5.11 Å². The third-order valence-corrected chi connectivity index (χ3v) is 5.21. The summed E-state index contributed by atoms with van der Waals surface area (Å²) >= 11 is 0. The van der Waals surface area contributed by atoms with Crippen LogP contribution >= 0.6 is 0 Å². The Hall–Kier alpha value is -4.49. The van der Waals surface area contributed by atoms with Gasteiger partial charge in [0.05, 0.1) is 17.1 Å². The minimum atomic E-state index is 0.0648. The van der Waals surface area contributed by atoms with Crippen molar-refractivity contribution < 1.29 is 15.0 Å². The minimum Gasteiger partial charge on any atom is -0.506 e. The molecular formula is C29H28N4O3. The molecule has 4 aromatic carbocycles. The summed E-state index contributed by atoms with van der Waals surface area (Å²) in [6, 6.07) is 26.0. The smallest absolute Gasteiger partial charge is 0.154 e. The van der Waals surface area contributed by atoms with E-state index in [0.29, 0.717) is 29.1 Å². The van der Waals surface area contributed by atoms with Crippen molar-refractivity contribution in [1.82, 2.24) is 0 Å². The van der Waals surface area contributed by atoms with Gasteiger partial charge >= 0.3 is 0 Å². The molecule has 0 saturated heterocycles. The number of allylic oxidation sites excluding steroid dienone is 1. The topological polar surface area (TPSA) is 107 Å². The lowest BCUT2D eigenvalue weighted by Crippen LogP contribution is -1.88. The third kappa shape index (κ3) is 7.51. The molecule has 0 aliphatic heterocycles. The molecule has 0 unspecified atom stereocenters. The van der Waals surface area contributed by atoms with Crippen molar-refractivity contribution in [2.75, 3.05) is 6.61 Å². The summed E-state index contributed by atoms with van der Waals surface area (Å²) in [5.74, 6) is 0.155. The molecule has 7 heteroatoms. The van der Waals surface area contributed by atoms with E-state index < -0.39 is 0 Å². The first-order valence-corrected chi connectivity index (χ1v) is 11.4. The summed E-state index contributed by atoms with van der Waals surface area (Å²) in [7, 11) is 0. The average Bonchev–Trinajstić information content (AvgIpc) is 2.89. The Morgan fingerprint density at radius 1 is 0.750 bits per heavy atom. The van der Waals surface area contributed by atoms with Crippen molar-refractivity contribution in [2.45, 2.75) is 20.3 Å². The molecule has 0 aliphatic rings. The molecule has 0 fully saturated rings. The molecule has 0 saturated carbocycles. The predicted molar refractivity (Wildman–Crippen MR) is 143 cm³/mol. The van der Waals surface area contributed by atoms with Crippen molar-refractivity contribution in [3.63, 3.8) is 0 Å². The second kappa shape index (κ2) is 12.8. The van der Waals surface area contributed by atoms with E-state index in [9.17, 15) is 9.90 Å². The van der Waals surface area contributed by atoms with Crippen LogP contribution in [0.1, 0.15) is 19.4 Å². The van der Waals surface area contributed by atoms with Crippen LogP contribution in [-0.4, -0.2) is 22.6 Å². The molecule has 0 atom stereocenters. The van der Waals surface area contributed by atoms with E-state index in [2.05, 4.69) is 27.0 Å². The second-order valence-electron chi connectivity index (χ2n) is 8.05. The monoisotopic (exact) mass is 480 g/mol. The van der Waals surface area contributed by atoms with Gasteiger partial charge in [-0.2, -0.15) is 15.3 Å². The van der Waals surface area contributed by atoms with Crippen LogP contribution in [0.3, 0.4) is 0 Å². The molecule has 0 aliphatic carbocycles. The van der Waals surface area contributed by atoms with Gasteiger partial charge in [0.15, 0.2) is 5.78 Å². The van der Waals surface area contributed by atoms with E-state index in [4.69, 9.17) is 5.11 Å². The molecule has 0 spiro atoms. The Labute approximate surface area is 210 Å². The van der Waals surface area contributed by atoms with Gasteiger partial charge in [0, 0.05) is 12.0 Å². The third-order valence-electron chi connectivity index (χ3n) is 5.21. The van der Waals surface area contributed by atoms with Gasteiger partial charge in [0.25, 0.3) is 0 Å². The summed E-state index contributed by atoms with van der Waals surface area (Å²) < 4.78 is 0. The molecule has 0 radical (unpaired) electrons. The number of rotatable bonds is 7. The van der Waals surface area contributed by atoms with Gasteiger partial charge in [-0.25, -0.2) is 0 Å². The first-order valence-electron chi connectivity index (χ1n) is 11.4. The molecule has 0 heterocycles. The van der Waals surface area contributed by atoms with Crippen molar-refractivity contribution in [3.05, 3.63) is 103 Å². The number of nitrogens with zero attached hydrogens (tertiary/aromatic N) is 4. The van der Waals surface area contributed by atoms with Crippen molar-refractivity contribution >= 4 is 39.3 Å². The van der Waals surface area contributed by atoms with Gasteiger partial charge in [-0.1, -0.05) is 49.0 Å². The highest BCUT2D eigenvalue weighted by Crippen LogP contribution is 2.36. The van der Waals surface area contributed by atoms with Gasteiger partial charge in [0.1, 0.15) is 11.4 Å². The number of fused-ring (bicyclic) bond motifs is 1. The van der Waals surface area contributed by atoms with Crippen molar-refractivity contribution in [1.29, 1.82) is 0 Å². The molecule has 36 heavy (non-hydrogen) atoms. The van der Waals surface area contributed by atoms with Crippen molar-refractivity contribution in [2.24, 2.45) is 20.5 Å². The number of carbonyl (C=O) groups excluding carboxylic acids is 1. The summed E-state index contributed by atoms with van der Waals surface area (Å²) in [4.78, 5) is 10.0. The number of phenols is 1. The van der Waals surface area contributed by atoms with E-state index >= 15 is 0 Å². The predicted octanol–water partition coefficient (Wildman–Crippen LogP) is 8.06. The first kappa shape index (κ1) is 26.1. The van der Waals surface area contributed by atoms with Crippen LogP contribution in [0.25, 0.3) is 10.8 Å². The van der Waals surface area contributed by atoms with Gasteiger partial charge in [-0.3, -0.25) is 4.79 Å². The number of aromatic hydroxyl groups is 1. The Bertz CT molecular complexity index is 1380. The lowest BCUT2D eigenvalue weighted by atomic mass is 10.1. The van der Waals surface area contributed by atoms with E-state index in [1.807, 2.05) is 54.6 Å². The molecular weight excluding hydrogens is 452 g/mol. The van der Waals surface area contributed by atoms with Crippen LogP contribution in [0.5, 0.6) is 5.75 Å². The number of aliphatic hydroxyl groups excluding tert-OH is 1. The van der Waals surface area contributed by atoms with Crippen LogP contribution < -0.4 is 0 Å². The molecule has 0 amide bonds. The zero-order valence-corrected chi connectivity index (χ0v) is 20.3. The highest BCUT2D eigenvalue weighted by Gasteiger charge is 2.05. The summed E-state index contributed by atoms with van der Waals surface area (Å²) in [5, 5.41) is 37.9. The zero-order chi connectivity index (χ0) is 25.9. The number of azo groups is 2. The Morgan fingerprint density at radius 2 is 1.25 bits per heavy atom. The summed E-state index contributed by atoms with van der Waals surface area (Å²) in [6.45, 7) is 6.73. The quantitative estimate of drug-likeness (QED) is 0.206. The molecule has 2 N–H and O–H groups in total. The molecule has 4 aromatic rings. The van der Waals surface area contributed by atoms with Crippen molar-refractivity contribution in [3.8, 4) is 5.75 Å². The maximum absolute atomic E-state index is 10.2. The number of ketones is 1. The highest BCUT2D eigenvalue weighted by atomic mass is 16.3. The fourth-order valence-corrected chi connectivity index (χ4v) is 3.02. The van der Waals surface area contributed by atoms with Crippen LogP contribution in [0.15, 0.2) is 118 Å². The fourth-order valence-electron chi connectivity index (χ4n) is 3.02. The minimum absolute atomic E-state index is 0.0648. The standard InChI is InChI=1S/C24H20N4O2.C5H8O/c29-16-15-17-5-8-19(9-6-17)25-26-20-10-12-21(13-11-20)27-28-24-22-4-2-1-3-18(22)7-14-23(24)30;1-4(2)5(3)6/h1-14,29-30H,15-16H2;1H2,2-3H3. The van der Waals surface area contributed by atoms with E-state index in [0.717, 1.165) is 22.0 Å². The fraction of sp³-hybridized carbons (Fsp3) is 0.138. The maximum atomic E-state index is 10.2. The summed E-state index contributed by atoms with van der Waals surface area (Å²) in [6.07, 6.45) is 0.629. The number of hydrogen-bond acceptors (Lipinski definition) is 7. The Kier molecular flexibility index (Phi) is 9.31. The zero-order valence-electron chi connectivity index (χ0n) is 20.3. The maximum Gasteiger partial charge on any atom is 0.154 e. The van der Waals surface area contributed by atoms with Crippen LogP contribution in [0.4, 0.5) is 22.7 Å².